The van der Waals surface area contributed by atoms with Gasteiger partial charge in [0.05, 0.1) is 22.5 Å². The fourth-order valence-electron chi connectivity index (χ4n) is 4.08. The van der Waals surface area contributed by atoms with Crippen LogP contribution in [0.4, 0.5) is 23.8 Å². The Morgan fingerprint density at radius 1 is 0.884 bits per heavy atom. The highest BCUT2D eigenvalue weighted by molar-refractivity contribution is 5.86. The molecule has 0 bridgehead atoms. The Kier molecular flexibility index (Phi) is 10.5. The minimum absolute atomic E-state index is 0.0156. The first-order chi connectivity index (χ1) is 20.0. The van der Waals surface area contributed by atoms with Crippen LogP contribution in [0.25, 0.3) is 22.2 Å². The number of nitrogens with zero attached hydrogens (tertiary/aromatic N) is 3. The van der Waals surface area contributed by atoms with Crippen molar-refractivity contribution in [3.05, 3.63) is 72.6 Å². The second kappa shape index (κ2) is 13.7. The zero-order valence-electron chi connectivity index (χ0n) is 24.9. The van der Waals surface area contributed by atoms with Gasteiger partial charge in [-0.15, -0.1) is 0 Å². The number of rotatable bonds is 7. The molecule has 0 unspecified atom stereocenters. The summed E-state index contributed by atoms with van der Waals surface area (Å²) < 4.78 is 50.0. The maximum Gasteiger partial charge on any atom is 0.416 e. The summed E-state index contributed by atoms with van der Waals surface area (Å²) in [6.45, 7) is 13.0. The number of para-hydroxylation sites is 1. The van der Waals surface area contributed by atoms with E-state index in [4.69, 9.17) is 14.6 Å². The molecule has 4 aromatic rings. The van der Waals surface area contributed by atoms with Gasteiger partial charge in [0.1, 0.15) is 17.7 Å². The Labute approximate surface area is 248 Å². The standard InChI is InChI=1S/C23H18F3N5O3.C8H18O/c24-23(25,26)16-7-4-14(5-8-16)17-12-20(30-13-29-17)34-18-3-1-2-15-6-9-19(31-21(15)18)27-10-11-28-22(32)33;1-7(2,3)9-8(4,5)6/h1-9,12-13,28H,10-11H2,(H,27,31)(H,32,33);1-6H3. The van der Waals surface area contributed by atoms with Gasteiger partial charge in [-0.2, -0.15) is 13.2 Å². The molecule has 0 aliphatic rings. The van der Waals surface area contributed by atoms with Gasteiger partial charge < -0.3 is 25.2 Å². The zero-order valence-corrected chi connectivity index (χ0v) is 24.9. The summed E-state index contributed by atoms with van der Waals surface area (Å²) in [5.74, 6) is 1.15. The number of ether oxygens (including phenoxy) is 2. The van der Waals surface area contributed by atoms with Crippen LogP contribution in [0, 0.1) is 0 Å². The number of carboxylic acid groups (broad SMARTS) is 1. The zero-order chi connectivity index (χ0) is 31.8. The summed E-state index contributed by atoms with van der Waals surface area (Å²) in [6, 6.07) is 15.2. The minimum Gasteiger partial charge on any atom is -0.465 e. The molecule has 0 fully saturated rings. The van der Waals surface area contributed by atoms with Crippen LogP contribution in [0.15, 0.2) is 67.0 Å². The van der Waals surface area contributed by atoms with Crippen LogP contribution in [0.3, 0.4) is 0 Å². The predicted octanol–water partition coefficient (Wildman–Crippen LogP) is 7.78. The lowest BCUT2D eigenvalue weighted by molar-refractivity contribution is -0.137. The summed E-state index contributed by atoms with van der Waals surface area (Å²) >= 11 is 0. The molecule has 0 saturated heterocycles. The Bertz CT molecular complexity index is 1500. The molecule has 0 aliphatic heterocycles. The molecule has 43 heavy (non-hydrogen) atoms. The number of halogens is 3. The van der Waals surface area contributed by atoms with Crippen molar-refractivity contribution >= 4 is 22.8 Å². The van der Waals surface area contributed by atoms with Crippen LogP contribution in [-0.4, -0.2) is 50.4 Å². The molecule has 1 amide bonds. The number of fused-ring (bicyclic) bond motifs is 1. The number of hydrogen-bond acceptors (Lipinski definition) is 7. The number of aromatic nitrogens is 3. The lowest BCUT2D eigenvalue weighted by Gasteiger charge is -2.30. The highest BCUT2D eigenvalue weighted by atomic mass is 19.4. The van der Waals surface area contributed by atoms with E-state index in [0.717, 1.165) is 17.5 Å². The molecule has 0 aliphatic carbocycles. The third-order valence-corrected chi connectivity index (χ3v) is 5.37. The van der Waals surface area contributed by atoms with Crippen LogP contribution in [0.1, 0.15) is 47.1 Å². The van der Waals surface area contributed by atoms with Gasteiger partial charge in [-0.3, -0.25) is 0 Å². The van der Waals surface area contributed by atoms with Crippen LogP contribution in [0.5, 0.6) is 11.6 Å². The Balaban J connectivity index is 0.000000489. The van der Waals surface area contributed by atoms with Gasteiger partial charge >= 0.3 is 12.3 Å². The minimum atomic E-state index is -4.42. The summed E-state index contributed by atoms with van der Waals surface area (Å²) in [5.41, 5.74) is 0.661. The van der Waals surface area contributed by atoms with Gasteiger partial charge in [-0.05, 0) is 71.9 Å². The lowest BCUT2D eigenvalue weighted by Crippen LogP contribution is -2.31. The van der Waals surface area contributed by atoms with E-state index >= 15 is 0 Å². The molecule has 2 heterocycles. The number of anilines is 1. The number of pyridine rings is 1. The van der Waals surface area contributed by atoms with E-state index in [-0.39, 0.29) is 23.6 Å². The molecule has 9 nitrogen and oxygen atoms in total. The van der Waals surface area contributed by atoms with Crippen LogP contribution in [-0.2, 0) is 10.9 Å². The van der Waals surface area contributed by atoms with Crippen molar-refractivity contribution in [3.63, 3.8) is 0 Å². The van der Waals surface area contributed by atoms with Crippen molar-refractivity contribution in [1.29, 1.82) is 0 Å². The Morgan fingerprint density at radius 3 is 2.14 bits per heavy atom. The van der Waals surface area contributed by atoms with Gasteiger partial charge in [0.15, 0.2) is 5.75 Å². The smallest absolute Gasteiger partial charge is 0.416 e. The van der Waals surface area contributed by atoms with E-state index in [1.807, 2.05) is 12.1 Å². The fourth-order valence-corrected chi connectivity index (χ4v) is 4.08. The second-order valence-corrected chi connectivity index (χ2v) is 11.4. The highest BCUT2D eigenvalue weighted by Gasteiger charge is 2.30. The van der Waals surface area contributed by atoms with Crippen molar-refractivity contribution in [2.45, 2.75) is 58.9 Å². The third kappa shape index (κ3) is 11.0. The van der Waals surface area contributed by atoms with E-state index < -0.39 is 17.8 Å². The first-order valence-electron chi connectivity index (χ1n) is 13.5. The van der Waals surface area contributed by atoms with Crippen molar-refractivity contribution in [1.82, 2.24) is 20.3 Å². The quantitative estimate of drug-likeness (QED) is 0.184. The van der Waals surface area contributed by atoms with Crippen molar-refractivity contribution in [3.8, 4) is 22.9 Å². The summed E-state index contributed by atoms with van der Waals surface area (Å²) in [4.78, 5) is 23.3. The number of amides is 1. The lowest BCUT2D eigenvalue weighted by atomic mass is 10.1. The number of hydrogen-bond donors (Lipinski definition) is 3. The van der Waals surface area contributed by atoms with E-state index in [9.17, 15) is 18.0 Å². The molecular weight excluding hydrogens is 563 g/mol. The van der Waals surface area contributed by atoms with E-state index in [0.29, 0.717) is 34.9 Å². The van der Waals surface area contributed by atoms with Gasteiger partial charge in [0.25, 0.3) is 0 Å². The molecule has 0 atom stereocenters. The normalized spacial score (nSPS) is 11.8. The van der Waals surface area contributed by atoms with Gasteiger partial charge in [-0.1, -0.05) is 24.3 Å². The number of benzene rings is 2. The monoisotopic (exact) mass is 599 g/mol. The predicted molar refractivity (Wildman–Crippen MR) is 159 cm³/mol. The molecule has 12 heteroatoms. The molecule has 230 valence electrons. The van der Waals surface area contributed by atoms with Crippen molar-refractivity contribution in [2.75, 3.05) is 18.4 Å². The molecule has 2 aromatic heterocycles. The summed E-state index contributed by atoms with van der Waals surface area (Å²) in [5, 5.41) is 14.7. The number of alkyl halides is 3. The largest absolute Gasteiger partial charge is 0.465 e. The van der Waals surface area contributed by atoms with Gasteiger partial charge in [0.2, 0.25) is 5.88 Å². The van der Waals surface area contributed by atoms with E-state index in [1.54, 1.807) is 18.2 Å². The highest BCUT2D eigenvalue weighted by Crippen LogP contribution is 2.32. The molecule has 2 aromatic carbocycles. The van der Waals surface area contributed by atoms with Gasteiger partial charge in [-0.25, -0.2) is 19.7 Å². The molecule has 3 N–H and O–H groups in total. The van der Waals surface area contributed by atoms with Crippen molar-refractivity contribution in [2.24, 2.45) is 0 Å². The second-order valence-electron chi connectivity index (χ2n) is 11.4. The molecule has 0 radical (unpaired) electrons. The van der Waals surface area contributed by atoms with E-state index in [1.165, 1.54) is 24.5 Å². The maximum atomic E-state index is 12.8. The fraction of sp³-hybridized carbons (Fsp3) is 0.355. The summed E-state index contributed by atoms with van der Waals surface area (Å²) in [7, 11) is 0. The molecule has 0 saturated carbocycles. The molecular formula is C31H36F3N5O4. The van der Waals surface area contributed by atoms with Crippen molar-refractivity contribution < 1.29 is 32.5 Å². The van der Waals surface area contributed by atoms with Gasteiger partial charge in [0, 0.05) is 30.1 Å². The first kappa shape index (κ1) is 33.1. The van der Waals surface area contributed by atoms with Crippen LogP contribution >= 0.6 is 0 Å². The Morgan fingerprint density at radius 2 is 1.56 bits per heavy atom. The molecule has 4 rings (SSSR count). The Hall–Kier alpha value is -4.45. The number of nitrogens with one attached hydrogen (secondary N) is 2. The van der Waals surface area contributed by atoms with Crippen LogP contribution < -0.4 is 15.4 Å². The molecule has 0 spiro atoms. The van der Waals surface area contributed by atoms with E-state index in [2.05, 4.69) is 67.1 Å². The topological polar surface area (TPSA) is 118 Å². The average Bonchev–Trinajstić information content (AvgIpc) is 2.89. The SMILES string of the molecule is CC(C)(C)OC(C)(C)C.O=C(O)NCCNc1ccc2cccc(Oc3cc(-c4ccc(C(F)(F)F)cc4)ncn3)c2n1. The van der Waals surface area contributed by atoms with Crippen LogP contribution in [0.2, 0.25) is 0 Å². The number of carbonyl (C=O) groups is 1. The first-order valence-corrected chi connectivity index (χ1v) is 13.5. The third-order valence-electron chi connectivity index (χ3n) is 5.37. The summed E-state index contributed by atoms with van der Waals surface area (Å²) in [6.07, 6.45) is -4.26. The maximum absolute atomic E-state index is 12.8. The average molecular weight is 600 g/mol.